The molecule has 80 valence electrons. The van der Waals surface area contributed by atoms with E-state index in [1.807, 2.05) is 0 Å². The van der Waals surface area contributed by atoms with Gasteiger partial charge in [0.05, 0.1) is 0 Å². The number of carbonyl (C=O) groups is 2. The Balaban J connectivity index is 3.13. The van der Waals surface area contributed by atoms with E-state index in [1.165, 1.54) is 0 Å². The minimum Gasteiger partial charge on any atom is -0.352 e. The van der Waals surface area contributed by atoms with Gasteiger partial charge in [-0.05, 0) is 0 Å². The Kier molecular flexibility index (Phi) is 3.33. The molecule has 0 aromatic heterocycles. The molecule has 0 spiro atoms. The Morgan fingerprint density at radius 2 is 1.80 bits per heavy atom. The van der Waals surface area contributed by atoms with Crippen molar-refractivity contribution >= 4 is 23.8 Å². The normalized spacial score (nSPS) is 14.0. The standard InChI is InChI=1S/C9H11N3O2S/c10-8(14)12-9(11,7(13)15)6-4-2-1-3-5-6/h1-5H,11H2,(H,13,15)(H3,10,12,14). The zero-order valence-corrected chi connectivity index (χ0v) is 8.70. The second-order valence-corrected chi connectivity index (χ2v) is 3.37. The van der Waals surface area contributed by atoms with Gasteiger partial charge in [-0.1, -0.05) is 30.3 Å². The number of thiol groups is 1. The summed E-state index contributed by atoms with van der Waals surface area (Å²) in [6.07, 6.45) is 0. The van der Waals surface area contributed by atoms with E-state index < -0.39 is 16.8 Å². The van der Waals surface area contributed by atoms with Gasteiger partial charge in [0.15, 0.2) is 5.66 Å². The number of hydrogen-bond acceptors (Lipinski definition) is 3. The van der Waals surface area contributed by atoms with Gasteiger partial charge in [-0.2, -0.15) is 0 Å². The fourth-order valence-electron chi connectivity index (χ4n) is 1.14. The summed E-state index contributed by atoms with van der Waals surface area (Å²) >= 11 is 3.63. The van der Waals surface area contributed by atoms with Crippen molar-refractivity contribution in [2.45, 2.75) is 5.66 Å². The summed E-state index contributed by atoms with van der Waals surface area (Å²) < 4.78 is 0. The highest BCUT2D eigenvalue weighted by atomic mass is 32.1. The molecule has 0 aliphatic heterocycles. The van der Waals surface area contributed by atoms with Crippen LogP contribution >= 0.6 is 12.6 Å². The lowest BCUT2D eigenvalue weighted by Crippen LogP contribution is -2.58. The lowest BCUT2D eigenvalue weighted by atomic mass is 10.0. The summed E-state index contributed by atoms with van der Waals surface area (Å²) in [4.78, 5) is 22.0. The predicted molar refractivity (Wildman–Crippen MR) is 59.0 cm³/mol. The fraction of sp³-hybridized carbons (Fsp3) is 0.111. The number of nitrogens with two attached hydrogens (primary N) is 2. The molecule has 1 unspecified atom stereocenters. The Morgan fingerprint density at radius 3 is 2.20 bits per heavy atom. The van der Waals surface area contributed by atoms with Crippen LogP contribution in [0.1, 0.15) is 5.56 Å². The Hall–Kier alpha value is -1.53. The third-order valence-corrected chi connectivity index (χ3v) is 2.24. The topological polar surface area (TPSA) is 98.2 Å². The van der Waals surface area contributed by atoms with Crippen molar-refractivity contribution in [1.29, 1.82) is 0 Å². The maximum absolute atomic E-state index is 11.3. The summed E-state index contributed by atoms with van der Waals surface area (Å²) in [6, 6.07) is 7.46. The maximum Gasteiger partial charge on any atom is 0.314 e. The minimum atomic E-state index is -1.68. The van der Waals surface area contributed by atoms with Crippen molar-refractivity contribution in [3.8, 4) is 0 Å². The first-order valence-corrected chi connectivity index (χ1v) is 4.57. The summed E-state index contributed by atoms with van der Waals surface area (Å²) in [5.41, 5.74) is 9.40. The van der Waals surface area contributed by atoms with E-state index in [-0.39, 0.29) is 0 Å². The number of nitrogens with one attached hydrogen (secondary N) is 1. The second kappa shape index (κ2) is 4.33. The van der Waals surface area contributed by atoms with Crippen LogP contribution < -0.4 is 16.8 Å². The zero-order chi connectivity index (χ0) is 11.5. The second-order valence-electron chi connectivity index (χ2n) is 2.97. The molecule has 1 aromatic carbocycles. The first kappa shape index (κ1) is 11.5. The first-order valence-electron chi connectivity index (χ1n) is 4.12. The van der Waals surface area contributed by atoms with Crippen LogP contribution in [0.3, 0.4) is 0 Å². The van der Waals surface area contributed by atoms with Crippen LogP contribution in [-0.2, 0) is 10.5 Å². The molecule has 1 aromatic rings. The number of urea groups is 1. The number of benzene rings is 1. The van der Waals surface area contributed by atoms with Crippen LogP contribution in [0.25, 0.3) is 0 Å². The molecule has 0 fully saturated rings. The van der Waals surface area contributed by atoms with Gasteiger partial charge in [0.2, 0.25) is 5.12 Å². The molecule has 6 heteroatoms. The first-order chi connectivity index (χ1) is 6.97. The monoisotopic (exact) mass is 225 g/mol. The van der Waals surface area contributed by atoms with Gasteiger partial charge in [-0.3, -0.25) is 10.5 Å². The van der Waals surface area contributed by atoms with Crippen molar-refractivity contribution < 1.29 is 9.59 Å². The van der Waals surface area contributed by atoms with Crippen molar-refractivity contribution in [2.24, 2.45) is 11.5 Å². The van der Waals surface area contributed by atoms with Crippen LogP contribution in [0.15, 0.2) is 30.3 Å². The molecule has 5 N–H and O–H groups in total. The SMILES string of the molecule is NC(=O)NC(N)(C(=O)S)c1ccccc1. The van der Waals surface area contributed by atoms with Crippen LogP contribution in [0.5, 0.6) is 0 Å². The van der Waals surface area contributed by atoms with Gasteiger partial charge in [-0.25, -0.2) is 4.79 Å². The quantitative estimate of drug-likeness (QED) is 0.428. The third-order valence-electron chi connectivity index (χ3n) is 1.89. The molecule has 0 aliphatic carbocycles. The summed E-state index contributed by atoms with van der Waals surface area (Å²) in [6.45, 7) is 0. The van der Waals surface area contributed by atoms with Gasteiger partial charge in [0.25, 0.3) is 0 Å². The van der Waals surface area contributed by atoms with E-state index in [9.17, 15) is 9.59 Å². The molecule has 0 radical (unpaired) electrons. The molecule has 0 bridgehead atoms. The van der Waals surface area contributed by atoms with Gasteiger partial charge in [0, 0.05) is 5.56 Å². The Morgan fingerprint density at radius 1 is 1.27 bits per heavy atom. The van der Waals surface area contributed by atoms with Gasteiger partial charge >= 0.3 is 6.03 Å². The zero-order valence-electron chi connectivity index (χ0n) is 7.81. The molecule has 0 heterocycles. The van der Waals surface area contributed by atoms with E-state index in [0.717, 1.165) is 0 Å². The Bertz CT molecular complexity index is 382. The van der Waals surface area contributed by atoms with E-state index in [4.69, 9.17) is 11.5 Å². The van der Waals surface area contributed by atoms with E-state index in [0.29, 0.717) is 5.56 Å². The number of amides is 2. The van der Waals surface area contributed by atoms with E-state index >= 15 is 0 Å². The smallest absolute Gasteiger partial charge is 0.314 e. The molecular weight excluding hydrogens is 214 g/mol. The summed E-state index contributed by atoms with van der Waals surface area (Å²) in [7, 11) is 0. The molecule has 0 saturated carbocycles. The number of carbonyl (C=O) groups excluding carboxylic acids is 2. The van der Waals surface area contributed by atoms with E-state index in [1.54, 1.807) is 30.3 Å². The molecule has 0 aliphatic rings. The van der Waals surface area contributed by atoms with Crippen LogP contribution in [-0.4, -0.2) is 11.1 Å². The van der Waals surface area contributed by atoms with Crippen molar-refractivity contribution in [1.82, 2.24) is 5.32 Å². The van der Waals surface area contributed by atoms with Gasteiger partial charge < -0.3 is 11.1 Å². The van der Waals surface area contributed by atoms with Crippen LogP contribution in [0, 0.1) is 0 Å². The number of primary amides is 1. The molecule has 5 nitrogen and oxygen atoms in total. The molecule has 1 atom stereocenters. The van der Waals surface area contributed by atoms with E-state index in [2.05, 4.69) is 17.9 Å². The molecule has 15 heavy (non-hydrogen) atoms. The maximum atomic E-state index is 11.3. The van der Waals surface area contributed by atoms with Crippen molar-refractivity contribution in [3.05, 3.63) is 35.9 Å². The lowest BCUT2D eigenvalue weighted by Gasteiger charge is -2.26. The summed E-state index contributed by atoms with van der Waals surface area (Å²) in [5, 5.41) is 1.48. The Labute approximate surface area is 92.2 Å². The minimum absolute atomic E-state index is 0.420. The highest BCUT2D eigenvalue weighted by Crippen LogP contribution is 2.17. The van der Waals surface area contributed by atoms with Crippen LogP contribution in [0.4, 0.5) is 4.79 Å². The van der Waals surface area contributed by atoms with Crippen molar-refractivity contribution in [3.63, 3.8) is 0 Å². The van der Waals surface area contributed by atoms with Crippen molar-refractivity contribution in [2.75, 3.05) is 0 Å². The average Bonchev–Trinajstić information content (AvgIpc) is 2.17. The van der Waals surface area contributed by atoms with Crippen LogP contribution in [0.2, 0.25) is 0 Å². The fourth-order valence-corrected chi connectivity index (χ4v) is 1.33. The number of hydrogen-bond donors (Lipinski definition) is 4. The predicted octanol–water partition coefficient (Wildman–Crippen LogP) is -0.0772. The van der Waals surface area contributed by atoms with Gasteiger partial charge in [0.1, 0.15) is 0 Å². The molecule has 2 amide bonds. The molecule has 0 saturated heterocycles. The highest BCUT2D eigenvalue weighted by Gasteiger charge is 2.34. The lowest BCUT2D eigenvalue weighted by molar-refractivity contribution is -0.116. The molecular formula is C9H11N3O2S. The number of rotatable bonds is 3. The molecule has 1 rings (SSSR count). The average molecular weight is 225 g/mol. The van der Waals surface area contributed by atoms with Gasteiger partial charge in [-0.15, -0.1) is 12.6 Å². The highest BCUT2D eigenvalue weighted by molar-refractivity contribution is 7.96. The third kappa shape index (κ3) is 2.48. The summed E-state index contributed by atoms with van der Waals surface area (Å²) in [5.74, 6) is 0. The largest absolute Gasteiger partial charge is 0.352 e.